The highest BCUT2D eigenvalue weighted by Gasteiger charge is 2.24. The lowest BCUT2D eigenvalue weighted by atomic mass is 9.91. The van der Waals surface area contributed by atoms with Crippen LogP contribution in [0.1, 0.15) is 268 Å². The Bertz CT molecular complexity index is 934. The molecule has 1 rings (SSSR count). The molecule has 0 bridgehead atoms. The van der Waals surface area contributed by atoms with E-state index in [-0.39, 0.29) is 30.6 Å². The monoisotopic (exact) mass is 914 g/mol. The molecule has 64 heavy (non-hydrogen) atoms. The fourth-order valence-electron chi connectivity index (χ4n) is 7.60. The Morgan fingerprint density at radius 1 is 0.516 bits per heavy atom. The predicted octanol–water partition coefficient (Wildman–Crippen LogP) is 15.2. The third-order valence-electron chi connectivity index (χ3n) is 11.2. The molecule has 1 N–H and O–H groups in total. The maximum Gasteiger partial charge on any atom is 0.306 e. The van der Waals surface area contributed by atoms with Crippen LogP contribution in [-0.2, 0) is 33.3 Å². The molecule has 1 aliphatic rings. The van der Waals surface area contributed by atoms with E-state index in [4.69, 9.17) is 24.1 Å². The summed E-state index contributed by atoms with van der Waals surface area (Å²) in [6.45, 7) is 24.6. The quantitative estimate of drug-likeness (QED) is 0.0364. The molecule has 1 aliphatic heterocycles. The normalized spacial score (nSPS) is 13.4. The zero-order valence-electron chi connectivity index (χ0n) is 44.3. The number of likely N-dealkylation sites (tertiary alicyclic amines) is 1. The van der Waals surface area contributed by atoms with Gasteiger partial charge in [-0.2, -0.15) is 0 Å². The van der Waals surface area contributed by atoms with Crippen LogP contribution in [0.2, 0.25) is 0 Å². The molecule has 0 spiro atoms. The molecule has 1 atom stereocenters. The molecular weight excluding hydrogens is 803 g/mol. The number of ether oxygens (including phenoxy) is 4. The summed E-state index contributed by atoms with van der Waals surface area (Å²) in [6.07, 6.45) is 36.2. The number of rotatable bonds is 41. The second-order valence-electron chi connectivity index (χ2n) is 18.6. The topological polar surface area (TPSA) is 112 Å². The van der Waals surface area contributed by atoms with E-state index < -0.39 is 0 Å². The van der Waals surface area contributed by atoms with Gasteiger partial charge in [-0.05, 0) is 76.2 Å². The molecule has 0 saturated carbocycles. The van der Waals surface area contributed by atoms with E-state index in [0.717, 1.165) is 115 Å². The lowest BCUT2D eigenvalue weighted by Gasteiger charge is -2.16. The fourth-order valence-corrected chi connectivity index (χ4v) is 7.60. The summed E-state index contributed by atoms with van der Waals surface area (Å²) < 4.78 is 21.5. The number of aliphatic hydroxyl groups is 1. The highest BCUT2D eigenvalue weighted by molar-refractivity contribution is 5.70. The van der Waals surface area contributed by atoms with Gasteiger partial charge in [-0.25, -0.2) is 0 Å². The van der Waals surface area contributed by atoms with Gasteiger partial charge in [-0.15, -0.1) is 0 Å². The molecule has 1 unspecified atom stereocenters. The van der Waals surface area contributed by atoms with Crippen LogP contribution >= 0.6 is 0 Å². The van der Waals surface area contributed by atoms with E-state index in [2.05, 4.69) is 46.4 Å². The molecule has 0 radical (unpaired) electrons. The summed E-state index contributed by atoms with van der Waals surface area (Å²) in [7, 11) is 0. The van der Waals surface area contributed by atoms with Crippen molar-refractivity contribution < 1.29 is 38.4 Å². The van der Waals surface area contributed by atoms with Crippen LogP contribution in [0.5, 0.6) is 0 Å². The number of hydrogen-bond donors (Lipinski definition) is 1. The summed E-state index contributed by atoms with van der Waals surface area (Å²) in [4.78, 5) is 37.6. The van der Waals surface area contributed by atoms with Crippen LogP contribution in [0.15, 0.2) is 0 Å². The van der Waals surface area contributed by atoms with Crippen molar-refractivity contribution in [2.75, 3.05) is 52.7 Å². The van der Waals surface area contributed by atoms with Crippen LogP contribution in [0.3, 0.4) is 0 Å². The van der Waals surface area contributed by atoms with Gasteiger partial charge in [0.15, 0.2) is 0 Å². The van der Waals surface area contributed by atoms with Crippen molar-refractivity contribution in [3.05, 3.63) is 0 Å². The summed E-state index contributed by atoms with van der Waals surface area (Å²) >= 11 is 0. The van der Waals surface area contributed by atoms with Crippen molar-refractivity contribution in [2.45, 2.75) is 274 Å². The zero-order chi connectivity index (χ0) is 48.2. The predicted molar refractivity (Wildman–Crippen MR) is 272 cm³/mol. The molecule has 1 heterocycles. The standard InChI is InChI=1S/C25H47NO4.C24H48O4.C4H10.C2H6/c1-3-5-6-7-8-9-10-11-15-21-29-24(27)17-13-12-14-19-26-20-18-23(22-26)30-25(28)16-4-2;1-3-5-10-15-23(16-11-6-4-2)17-14-21-28-24(26)18-12-8-7-9-13-20-27-22-19-25;1-4(2)3;1-2/h23H,3-22H2,1-2H3;23,25H,3-22H2,1-2H3;4H,1-3H3;1-2H3. The average Bonchev–Trinajstić information content (AvgIpc) is 3.72. The van der Waals surface area contributed by atoms with Crippen molar-refractivity contribution in [3.63, 3.8) is 0 Å². The SMILES string of the molecule is CC.CC(C)C.CCCCCC(CCCCC)CCCOC(=O)CCCCCCCOCCO.CCCCCCCCCCCOC(=O)CCCCCN1CCC(OC(=O)CCC)C1. The first-order chi connectivity index (χ1) is 31.1. The average molecular weight is 914 g/mol. The molecule has 0 aliphatic carbocycles. The zero-order valence-corrected chi connectivity index (χ0v) is 44.3. The lowest BCUT2D eigenvalue weighted by molar-refractivity contribution is -0.148. The highest BCUT2D eigenvalue weighted by Crippen LogP contribution is 2.23. The fraction of sp³-hybridized carbons (Fsp3) is 0.945. The van der Waals surface area contributed by atoms with E-state index in [9.17, 15) is 14.4 Å². The second-order valence-corrected chi connectivity index (χ2v) is 18.6. The largest absolute Gasteiger partial charge is 0.466 e. The Hall–Kier alpha value is -1.71. The van der Waals surface area contributed by atoms with Crippen molar-refractivity contribution >= 4 is 17.9 Å². The van der Waals surface area contributed by atoms with Crippen molar-refractivity contribution in [1.29, 1.82) is 0 Å². The Balaban J connectivity index is -0.00000104. The maximum absolute atomic E-state index is 11.9. The first kappa shape index (κ1) is 66.6. The number of unbranched alkanes of at least 4 members (excludes halogenated alkanes) is 18. The second kappa shape index (κ2) is 55.6. The third kappa shape index (κ3) is 54.6. The van der Waals surface area contributed by atoms with Gasteiger partial charge >= 0.3 is 17.9 Å². The minimum atomic E-state index is -0.0646. The Morgan fingerprint density at radius 3 is 1.47 bits per heavy atom. The van der Waals surface area contributed by atoms with Gasteiger partial charge < -0.3 is 24.1 Å². The van der Waals surface area contributed by atoms with Gasteiger partial charge in [0.1, 0.15) is 6.10 Å². The van der Waals surface area contributed by atoms with Gasteiger partial charge in [-0.3, -0.25) is 19.3 Å². The number of nitrogens with zero attached hydrogens (tertiary/aromatic N) is 1. The summed E-state index contributed by atoms with van der Waals surface area (Å²) in [6, 6.07) is 0. The summed E-state index contributed by atoms with van der Waals surface area (Å²) in [5.74, 6) is 1.52. The van der Waals surface area contributed by atoms with E-state index in [1.807, 2.05) is 20.8 Å². The molecule has 9 nitrogen and oxygen atoms in total. The van der Waals surface area contributed by atoms with Crippen LogP contribution in [0.25, 0.3) is 0 Å². The first-order valence-electron chi connectivity index (χ1n) is 27.5. The van der Waals surface area contributed by atoms with Crippen LogP contribution in [0, 0.1) is 11.8 Å². The van der Waals surface area contributed by atoms with Crippen LogP contribution in [0.4, 0.5) is 0 Å². The van der Waals surface area contributed by atoms with Gasteiger partial charge in [0.05, 0.1) is 26.4 Å². The Morgan fingerprint density at radius 2 is 0.953 bits per heavy atom. The molecule has 0 aromatic rings. The molecule has 1 fully saturated rings. The molecule has 9 heteroatoms. The van der Waals surface area contributed by atoms with Gasteiger partial charge in [0, 0.05) is 39.0 Å². The molecular formula is C55H111NO8. The third-order valence-corrected chi connectivity index (χ3v) is 11.2. The minimum absolute atomic E-state index is 0.0280. The van der Waals surface area contributed by atoms with E-state index in [0.29, 0.717) is 39.1 Å². The number of aliphatic hydroxyl groups excluding tert-OH is 1. The van der Waals surface area contributed by atoms with E-state index >= 15 is 0 Å². The molecule has 384 valence electrons. The van der Waals surface area contributed by atoms with Gasteiger partial charge in [0.2, 0.25) is 0 Å². The molecule has 0 amide bonds. The number of carbonyl (C=O) groups excluding carboxylic acids is 3. The molecule has 0 aromatic carbocycles. The minimum Gasteiger partial charge on any atom is -0.466 e. The van der Waals surface area contributed by atoms with Crippen molar-refractivity contribution in [2.24, 2.45) is 11.8 Å². The maximum atomic E-state index is 11.9. The van der Waals surface area contributed by atoms with Crippen LogP contribution < -0.4 is 0 Å². The highest BCUT2D eigenvalue weighted by atomic mass is 16.5. The summed E-state index contributed by atoms with van der Waals surface area (Å²) in [5, 5.41) is 8.61. The Kier molecular flexibility index (Phi) is 57.8. The van der Waals surface area contributed by atoms with Crippen LogP contribution in [-0.4, -0.2) is 86.7 Å². The summed E-state index contributed by atoms with van der Waals surface area (Å²) in [5.41, 5.74) is 0. The number of hydrogen-bond acceptors (Lipinski definition) is 9. The first-order valence-corrected chi connectivity index (χ1v) is 27.5. The lowest BCUT2D eigenvalue weighted by Crippen LogP contribution is -2.25. The van der Waals surface area contributed by atoms with Gasteiger partial charge in [0.25, 0.3) is 0 Å². The Labute approximate surface area is 398 Å². The van der Waals surface area contributed by atoms with Crippen molar-refractivity contribution in [3.8, 4) is 0 Å². The van der Waals surface area contributed by atoms with E-state index in [1.165, 1.54) is 109 Å². The molecule has 0 aromatic heterocycles. The van der Waals surface area contributed by atoms with E-state index in [1.54, 1.807) is 0 Å². The smallest absolute Gasteiger partial charge is 0.306 e. The van der Waals surface area contributed by atoms with Crippen molar-refractivity contribution in [1.82, 2.24) is 4.90 Å². The number of esters is 3. The van der Waals surface area contributed by atoms with Gasteiger partial charge in [-0.1, -0.05) is 191 Å². The molecule has 1 saturated heterocycles. The number of carbonyl (C=O) groups is 3.